The number of hydrogen-bond donors (Lipinski definition) is 0. The van der Waals surface area contributed by atoms with Crippen LogP contribution in [0.2, 0.25) is 5.15 Å². The lowest BCUT2D eigenvalue weighted by atomic mass is 10.0. The fraction of sp³-hybridized carbons (Fsp3) is 0.389. The lowest BCUT2D eigenvalue weighted by molar-refractivity contribution is -0.384. The van der Waals surface area contributed by atoms with E-state index in [1.807, 2.05) is 11.9 Å². The number of pyridine rings is 1. The smallest absolute Gasteiger partial charge is 0.422 e. The molecule has 7 nitrogen and oxygen atoms in total. The molecule has 1 aliphatic heterocycles. The third-order valence-electron chi connectivity index (χ3n) is 4.56. The van der Waals surface area contributed by atoms with Gasteiger partial charge in [-0.1, -0.05) is 11.6 Å². The van der Waals surface area contributed by atoms with Gasteiger partial charge in [-0.05, 0) is 19.2 Å². The molecular formula is C18H18ClF3N4O3. The van der Waals surface area contributed by atoms with Gasteiger partial charge in [-0.25, -0.2) is 4.98 Å². The van der Waals surface area contributed by atoms with Gasteiger partial charge in [-0.3, -0.25) is 10.1 Å². The summed E-state index contributed by atoms with van der Waals surface area (Å²) in [6.07, 6.45) is -3.39. The number of piperazine rings is 1. The summed E-state index contributed by atoms with van der Waals surface area (Å²) in [6, 6.07) is 5.75. The summed E-state index contributed by atoms with van der Waals surface area (Å²) < 4.78 is 43.3. The van der Waals surface area contributed by atoms with Crippen molar-refractivity contribution in [3.05, 3.63) is 45.7 Å². The van der Waals surface area contributed by atoms with E-state index >= 15 is 0 Å². The molecule has 1 saturated heterocycles. The molecule has 156 valence electrons. The lowest BCUT2D eigenvalue weighted by Crippen LogP contribution is -2.44. The summed E-state index contributed by atoms with van der Waals surface area (Å²) in [4.78, 5) is 18.8. The van der Waals surface area contributed by atoms with E-state index in [0.29, 0.717) is 18.8 Å². The molecule has 0 aliphatic carbocycles. The largest absolute Gasteiger partial charge is 0.483 e. The number of likely N-dealkylation sites (N-methyl/N-ethyl adjacent to an activating group) is 1. The number of aromatic nitrogens is 1. The van der Waals surface area contributed by atoms with Gasteiger partial charge >= 0.3 is 6.18 Å². The molecule has 1 aliphatic rings. The second kappa shape index (κ2) is 8.42. The fourth-order valence-corrected chi connectivity index (χ4v) is 3.20. The Morgan fingerprint density at radius 2 is 1.90 bits per heavy atom. The molecule has 11 heteroatoms. The van der Waals surface area contributed by atoms with Gasteiger partial charge in [0.15, 0.2) is 6.61 Å². The summed E-state index contributed by atoms with van der Waals surface area (Å²) in [5, 5.41) is 11.3. The van der Waals surface area contributed by atoms with Crippen LogP contribution in [0.5, 0.6) is 5.75 Å². The molecule has 0 radical (unpaired) electrons. The molecule has 1 aromatic heterocycles. The zero-order chi connectivity index (χ0) is 21.2. The molecular weight excluding hydrogens is 413 g/mol. The van der Waals surface area contributed by atoms with Crippen LogP contribution in [0.1, 0.15) is 0 Å². The molecule has 0 N–H and O–H groups in total. The monoisotopic (exact) mass is 430 g/mol. The maximum absolute atomic E-state index is 12.8. The first-order chi connectivity index (χ1) is 13.6. The Morgan fingerprint density at radius 1 is 1.21 bits per heavy atom. The molecule has 3 rings (SSSR count). The first-order valence-corrected chi connectivity index (χ1v) is 9.09. The Bertz CT molecular complexity index is 902. The number of hydrogen-bond acceptors (Lipinski definition) is 6. The molecule has 1 aromatic carbocycles. The van der Waals surface area contributed by atoms with Crippen LogP contribution in [-0.4, -0.2) is 60.8 Å². The van der Waals surface area contributed by atoms with E-state index in [9.17, 15) is 23.3 Å². The maximum atomic E-state index is 12.8. The van der Waals surface area contributed by atoms with Gasteiger partial charge in [0, 0.05) is 49.7 Å². The number of benzene rings is 1. The second-order valence-electron chi connectivity index (χ2n) is 6.66. The number of anilines is 1. The Hall–Kier alpha value is -2.59. The van der Waals surface area contributed by atoms with Crippen LogP contribution in [0.3, 0.4) is 0 Å². The minimum absolute atomic E-state index is 0.0292. The molecule has 0 amide bonds. The molecule has 2 aromatic rings. The van der Waals surface area contributed by atoms with E-state index in [-0.39, 0.29) is 27.7 Å². The van der Waals surface area contributed by atoms with Crippen LogP contribution in [0.4, 0.5) is 24.5 Å². The highest BCUT2D eigenvalue weighted by Gasteiger charge is 2.30. The number of rotatable bonds is 5. The van der Waals surface area contributed by atoms with Crippen molar-refractivity contribution in [3.63, 3.8) is 0 Å². The van der Waals surface area contributed by atoms with Gasteiger partial charge in [-0.2, -0.15) is 13.2 Å². The van der Waals surface area contributed by atoms with Gasteiger partial charge in [0.2, 0.25) is 0 Å². The fourth-order valence-electron chi connectivity index (χ4n) is 3.05. The average molecular weight is 431 g/mol. The Morgan fingerprint density at radius 3 is 2.52 bits per heavy atom. The van der Waals surface area contributed by atoms with Gasteiger partial charge in [-0.15, -0.1) is 0 Å². The van der Waals surface area contributed by atoms with Gasteiger partial charge < -0.3 is 14.5 Å². The van der Waals surface area contributed by atoms with E-state index < -0.39 is 17.7 Å². The van der Waals surface area contributed by atoms with Crippen LogP contribution < -0.4 is 9.64 Å². The zero-order valence-electron chi connectivity index (χ0n) is 15.4. The normalized spacial score (nSPS) is 15.4. The van der Waals surface area contributed by atoms with Crippen molar-refractivity contribution >= 4 is 23.0 Å². The van der Waals surface area contributed by atoms with Crippen LogP contribution in [-0.2, 0) is 0 Å². The van der Waals surface area contributed by atoms with Crippen LogP contribution >= 0.6 is 11.6 Å². The molecule has 29 heavy (non-hydrogen) atoms. The van der Waals surface area contributed by atoms with E-state index in [1.54, 1.807) is 6.07 Å². The number of ether oxygens (including phenoxy) is 1. The Labute approximate surface area is 169 Å². The number of halogens is 4. The predicted octanol–water partition coefficient (Wildman–Crippen LogP) is 4.00. The van der Waals surface area contributed by atoms with Gasteiger partial charge in [0.25, 0.3) is 5.69 Å². The predicted molar refractivity (Wildman–Crippen MR) is 103 cm³/mol. The highest BCUT2D eigenvalue weighted by Crippen LogP contribution is 2.39. The SMILES string of the molecule is CN1CCN(c2ccc(-c3cnc(Cl)cc3[N+](=O)[O-])c(OCC(F)(F)F)c2)CC1. The number of alkyl halides is 3. The molecule has 0 bridgehead atoms. The second-order valence-corrected chi connectivity index (χ2v) is 7.04. The van der Waals surface area contributed by atoms with Crippen LogP contribution in [0.25, 0.3) is 11.1 Å². The van der Waals surface area contributed by atoms with Gasteiger partial charge in [0.1, 0.15) is 10.9 Å². The topological polar surface area (TPSA) is 71.7 Å². The quantitative estimate of drug-likeness (QED) is 0.405. The van der Waals surface area contributed by atoms with Crippen molar-refractivity contribution in [2.75, 3.05) is 44.7 Å². The van der Waals surface area contributed by atoms with Crippen molar-refractivity contribution in [2.24, 2.45) is 0 Å². The van der Waals surface area contributed by atoms with Crippen molar-refractivity contribution in [1.82, 2.24) is 9.88 Å². The number of nitrogens with zero attached hydrogens (tertiary/aromatic N) is 4. The summed E-state index contributed by atoms with van der Waals surface area (Å²) in [7, 11) is 1.99. The summed E-state index contributed by atoms with van der Waals surface area (Å²) in [5.41, 5.74) is 0.488. The lowest BCUT2D eigenvalue weighted by Gasteiger charge is -2.34. The zero-order valence-corrected chi connectivity index (χ0v) is 16.2. The maximum Gasteiger partial charge on any atom is 0.422 e. The van der Waals surface area contributed by atoms with Crippen LogP contribution in [0, 0.1) is 10.1 Å². The molecule has 0 atom stereocenters. The molecule has 2 heterocycles. The van der Waals surface area contributed by atoms with Crippen molar-refractivity contribution in [1.29, 1.82) is 0 Å². The molecule has 0 spiro atoms. The summed E-state index contributed by atoms with van der Waals surface area (Å²) in [5.74, 6) is -0.106. The Kier molecular flexibility index (Phi) is 6.13. The van der Waals surface area contributed by atoms with Crippen molar-refractivity contribution < 1.29 is 22.8 Å². The molecule has 1 fully saturated rings. The number of nitro groups is 1. The highest BCUT2D eigenvalue weighted by molar-refractivity contribution is 6.29. The molecule has 0 saturated carbocycles. The van der Waals surface area contributed by atoms with Crippen molar-refractivity contribution in [3.8, 4) is 16.9 Å². The third kappa shape index (κ3) is 5.27. The van der Waals surface area contributed by atoms with Crippen molar-refractivity contribution in [2.45, 2.75) is 6.18 Å². The first kappa shape index (κ1) is 21.1. The Balaban J connectivity index is 2.03. The van der Waals surface area contributed by atoms with E-state index in [4.69, 9.17) is 16.3 Å². The third-order valence-corrected chi connectivity index (χ3v) is 4.77. The summed E-state index contributed by atoms with van der Waals surface area (Å²) >= 11 is 5.74. The molecule has 0 unspecified atom stereocenters. The van der Waals surface area contributed by atoms with Gasteiger partial charge in [0.05, 0.1) is 16.6 Å². The van der Waals surface area contributed by atoms with E-state index in [2.05, 4.69) is 9.88 Å². The highest BCUT2D eigenvalue weighted by atomic mass is 35.5. The van der Waals surface area contributed by atoms with E-state index in [0.717, 1.165) is 25.4 Å². The average Bonchev–Trinajstić information content (AvgIpc) is 2.66. The summed E-state index contributed by atoms with van der Waals surface area (Å²) in [6.45, 7) is 1.52. The minimum Gasteiger partial charge on any atom is -0.483 e. The van der Waals surface area contributed by atoms with E-state index in [1.165, 1.54) is 12.1 Å². The van der Waals surface area contributed by atoms with Crippen LogP contribution in [0.15, 0.2) is 30.5 Å². The standard InChI is InChI=1S/C18H18ClF3N4O3/c1-24-4-6-25(7-5-24)12-2-3-13(16(8-12)29-11-18(20,21)22)14-10-23-17(19)9-15(14)26(27)28/h2-3,8-10H,4-7,11H2,1H3. The minimum atomic E-state index is -4.55. The first-order valence-electron chi connectivity index (χ1n) is 8.71.